The summed E-state index contributed by atoms with van der Waals surface area (Å²) in [6, 6.07) is 5.08. The molecule has 1 aromatic heterocycles. The number of aromatic nitrogens is 1. The van der Waals surface area contributed by atoms with Crippen LogP contribution in [0.2, 0.25) is 0 Å². The summed E-state index contributed by atoms with van der Waals surface area (Å²) < 4.78 is 14.2. The van der Waals surface area contributed by atoms with Gasteiger partial charge in [-0.1, -0.05) is 6.92 Å². The molecule has 0 fully saturated rings. The molecule has 0 atom stereocenters. The summed E-state index contributed by atoms with van der Waals surface area (Å²) in [7, 11) is 0. The summed E-state index contributed by atoms with van der Waals surface area (Å²) in [6.45, 7) is 5.65. The highest BCUT2D eigenvalue weighted by molar-refractivity contribution is 5.98. The Balaban J connectivity index is 2.68. The molecule has 1 heterocycles. The average Bonchev–Trinajstić information content (AvgIpc) is 2.37. The van der Waals surface area contributed by atoms with E-state index < -0.39 is 0 Å². The third kappa shape index (κ3) is 2.10. The van der Waals surface area contributed by atoms with Crippen LogP contribution in [0.1, 0.15) is 20.3 Å². The first-order valence-corrected chi connectivity index (χ1v) is 6.26. The van der Waals surface area contributed by atoms with E-state index in [9.17, 15) is 4.39 Å². The lowest BCUT2D eigenvalue weighted by Crippen LogP contribution is -2.25. The molecule has 0 bridgehead atoms. The number of nitrogen functional groups attached to an aromatic ring is 1. The van der Waals surface area contributed by atoms with Crippen LogP contribution in [0, 0.1) is 5.82 Å². The number of hydrogen-bond acceptors (Lipinski definition) is 3. The zero-order valence-electron chi connectivity index (χ0n) is 10.8. The summed E-state index contributed by atoms with van der Waals surface area (Å²) in [5.41, 5.74) is 7.48. The van der Waals surface area contributed by atoms with Crippen LogP contribution in [-0.4, -0.2) is 18.1 Å². The maximum atomic E-state index is 14.2. The van der Waals surface area contributed by atoms with Crippen LogP contribution in [0.4, 0.5) is 15.8 Å². The van der Waals surface area contributed by atoms with E-state index in [1.54, 1.807) is 6.20 Å². The zero-order valence-corrected chi connectivity index (χ0v) is 10.8. The number of fused-ring (bicyclic) bond motifs is 1. The van der Waals surface area contributed by atoms with Crippen LogP contribution in [0.15, 0.2) is 24.4 Å². The van der Waals surface area contributed by atoms with Gasteiger partial charge in [0.15, 0.2) is 5.82 Å². The Labute approximate surface area is 106 Å². The van der Waals surface area contributed by atoms with E-state index >= 15 is 0 Å². The average molecular weight is 247 g/mol. The van der Waals surface area contributed by atoms with Gasteiger partial charge in [-0.2, -0.15) is 0 Å². The summed E-state index contributed by atoms with van der Waals surface area (Å²) in [4.78, 5) is 6.30. The molecule has 4 heteroatoms. The van der Waals surface area contributed by atoms with Crippen molar-refractivity contribution >= 4 is 22.3 Å². The van der Waals surface area contributed by atoms with Crippen molar-refractivity contribution < 1.29 is 4.39 Å². The Morgan fingerprint density at radius 3 is 2.83 bits per heavy atom. The molecule has 0 aliphatic heterocycles. The molecule has 0 radical (unpaired) electrons. The first kappa shape index (κ1) is 12.6. The number of benzene rings is 1. The van der Waals surface area contributed by atoms with E-state index in [0.29, 0.717) is 16.9 Å². The Morgan fingerprint density at radius 2 is 2.17 bits per heavy atom. The Kier molecular flexibility index (Phi) is 3.65. The van der Waals surface area contributed by atoms with Crippen molar-refractivity contribution in [2.45, 2.75) is 20.3 Å². The van der Waals surface area contributed by atoms with Gasteiger partial charge in [0.25, 0.3) is 0 Å². The summed E-state index contributed by atoms with van der Waals surface area (Å²) >= 11 is 0. The van der Waals surface area contributed by atoms with E-state index in [1.807, 2.05) is 24.0 Å². The van der Waals surface area contributed by atoms with Gasteiger partial charge < -0.3 is 10.6 Å². The zero-order chi connectivity index (χ0) is 13.1. The minimum atomic E-state index is -0.297. The number of rotatable bonds is 4. The lowest BCUT2D eigenvalue weighted by Gasteiger charge is -2.24. The van der Waals surface area contributed by atoms with E-state index in [1.165, 1.54) is 6.07 Å². The predicted octanol–water partition coefficient (Wildman–Crippen LogP) is 3.19. The number of pyridine rings is 1. The lowest BCUT2D eigenvalue weighted by molar-refractivity contribution is 0.619. The Bertz CT molecular complexity index is 554. The highest BCUT2D eigenvalue weighted by atomic mass is 19.1. The summed E-state index contributed by atoms with van der Waals surface area (Å²) in [6.07, 6.45) is 2.64. The highest BCUT2D eigenvalue weighted by Gasteiger charge is 2.16. The van der Waals surface area contributed by atoms with Gasteiger partial charge in [0.2, 0.25) is 0 Å². The second-order valence-corrected chi connectivity index (χ2v) is 4.28. The number of nitrogens with zero attached hydrogens (tertiary/aromatic N) is 2. The molecular formula is C14H18FN3. The molecule has 18 heavy (non-hydrogen) atoms. The molecule has 0 saturated carbocycles. The van der Waals surface area contributed by atoms with E-state index in [4.69, 9.17) is 5.73 Å². The Hall–Kier alpha value is -1.84. The molecule has 1 aromatic carbocycles. The van der Waals surface area contributed by atoms with Crippen LogP contribution in [0.25, 0.3) is 10.9 Å². The molecule has 0 saturated heterocycles. The normalized spacial score (nSPS) is 10.8. The quantitative estimate of drug-likeness (QED) is 0.844. The second kappa shape index (κ2) is 5.21. The monoisotopic (exact) mass is 247 g/mol. The topological polar surface area (TPSA) is 42.1 Å². The minimum Gasteiger partial charge on any atom is -0.398 e. The smallest absolute Gasteiger partial charge is 0.150 e. The molecule has 2 N–H and O–H groups in total. The van der Waals surface area contributed by atoms with Crippen molar-refractivity contribution in [1.82, 2.24) is 4.98 Å². The number of hydrogen-bond donors (Lipinski definition) is 1. The van der Waals surface area contributed by atoms with E-state index in [2.05, 4.69) is 11.9 Å². The first-order valence-electron chi connectivity index (χ1n) is 6.26. The van der Waals surface area contributed by atoms with Crippen molar-refractivity contribution in [2.24, 2.45) is 0 Å². The van der Waals surface area contributed by atoms with Crippen molar-refractivity contribution in [2.75, 3.05) is 23.7 Å². The highest BCUT2D eigenvalue weighted by Crippen LogP contribution is 2.32. The van der Waals surface area contributed by atoms with E-state index in [-0.39, 0.29) is 5.82 Å². The fourth-order valence-corrected chi connectivity index (χ4v) is 2.22. The summed E-state index contributed by atoms with van der Waals surface area (Å²) in [5, 5.41) is 0.809. The molecule has 0 unspecified atom stereocenters. The van der Waals surface area contributed by atoms with Crippen molar-refractivity contribution in [3.63, 3.8) is 0 Å². The third-order valence-corrected chi connectivity index (χ3v) is 3.04. The number of anilines is 2. The standard InChI is InChI=1S/C14H18FN3/c1-3-8-18(4-2)14-11(15)9-12(16)10-6-5-7-17-13(10)14/h5-7,9H,3-4,8,16H2,1-2H3. The van der Waals surface area contributed by atoms with Crippen LogP contribution in [0.3, 0.4) is 0 Å². The van der Waals surface area contributed by atoms with Gasteiger partial charge in [-0.05, 0) is 31.5 Å². The molecule has 0 aliphatic rings. The van der Waals surface area contributed by atoms with Crippen molar-refractivity contribution in [1.29, 1.82) is 0 Å². The third-order valence-electron chi connectivity index (χ3n) is 3.04. The molecule has 0 spiro atoms. The van der Waals surface area contributed by atoms with Crippen LogP contribution >= 0.6 is 0 Å². The van der Waals surface area contributed by atoms with Gasteiger partial charge in [-0.25, -0.2) is 4.39 Å². The molecule has 0 aliphatic carbocycles. The largest absolute Gasteiger partial charge is 0.398 e. The predicted molar refractivity (Wildman–Crippen MR) is 74.3 cm³/mol. The first-order chi connectivity index (χ1) is 8.69. The van der Waals surface area contributed by atoms with Crippen molar-refractivity contribution in [3.05, 3.63) is 30.2 Å². The molecule has 2 aromatic rings. The Morgan fingerprint density at radius 1 is 1.39 bits per heavy atom. The van der Waals surface area contributed by atoms with Crippen LogP contribution < -0.4 is 10.6 Å². The van der Waals surface area contributed by atoms with Crippen LogP contribution in [0.5, 0.6) is 0 Å². The van der Waals surface area contributed by atoms with Gasteiger partial charge in [0, 0.05) is 30.4 Å². The van der Waals surface area contributed by atoms with Crippen molar-refractivity contribution in [3.8, 4) is 0 Å². The maximum Gasteiger partial charge on any atom is 0.150 e. The fourth-order valence-electron chi connectivity index (χ4n) is 2.22. The second-order valence-electron chi connectivity index (χ2n) is 4.28. The molecular weight excluding hydrogens is 229 g/mol. The summed E-state index contributed by atoms with van der Waals surface area (Å²) in [5.74, 6) is -0.297. The fraction of sp³-hybridized carbons (Fsp3) is 0.357. The van der Waals surface area contributed by atoms with Crippen LogP contribution in [-0.2, 0) is 0 Å². The van der Waals surface area contributed by atoms with Gasteiger partial charge in [-0.15, -0.1) is 0 Å². The minimum absolute atomic E-state index is 0.297. The molecule has 3 nitrogen and oxygen atoms in total. The molecule has 96 valence electrons. The lowest BCUT2D eigenvalue weighted by atomic mass is 10.1. The van der Waals surface area contributed by atoms with E-state index in [0.717, 1.165) is 24.9 Å². The number of nitrogens with two attached hydrogens (primary N) is 1. The van der Waals surface area contributed by atoms with Gasteiger partial charge in [-0.3, -0.25) is 4.98 Å². The van der Waals surface area contributed by atoms with Gasteiger partial charge in [0.05, 0.1) is 11.2 Å². The SMILES string of the molecule is CCCN(CC)c1c(F)cc(N)c2cccnc12. The maximum absolute atomic E-state index is 14.2. The molecule has 0 amide bonds. The van der Waals surface area contributed by atoms with Gasteiger partial charge >= 0.3 is 0 Å². The van der Waals surface area contributed by atoms with Gasteiger partial charge in [0.1, 0.15) is 0 Å². The molecule has 2 rings (SSSR count). The number of halogens is 1.